The number of aryl methyl sites for hydroxylation is 1. The third kappa shape index (κ3) is 3.56. The number of anilines is 1. The number of rotatable bonds is 3. The molecule has 2 aliphatic carbocycles. The molecule has 0 spiro atoms. The lowest BCUT2D eigenvalue weighted by Crippen LogP contribution is -2.17. The Labute approximate surface area is 129 Å². The first-order valence-corrected chi connectivity index (χ1v) is 9.02. The second-order valence-corrected chi connectivity index (χ2v) is 6.64. The van der Waals surface area contributed by atoms with Crippen molar-refractivity contribution in [2.24, 2.45) is 0 Å². The summed E-state index contributed by atoms with van der Waals surface area (Å²) in [5, 5.41) is 3.49. The van der Waals surface area contributed by atoms with Gasteiger partial charge in [0.1, 0.15) is 11.6 Å². The fraction of sp³-hybridized carbons (Fsp3) is 0.778. The lowest BCUT2D eigenvalue weighted by Gasteiger charge is -2.23. The zero-order valence-corrected chi connectivity index (χ0v) is 13.5. The molecule has 1 saturated carbocycles. The standard InChI is InChI=1S/C18H29N3/c1-2-19-18-15-12-8-9-13-16(15)20-17(21-18)14-10-6-4-3-5-7-11-14/h14H,2-13H2,1H3,(H,19,20,21). The van der Waals surface area contributed by atoms with Gasteiger partial charge in [-0.15, -0.1) is 0 Å². The van der Waals surface area contributed by atoms with E-state index in [4.69, 9.17) is 9.97 Å². The second kappa shape index (κ2) is 7.24. The Bertz CT molecular complexity index is 462. The highest BCUT2D eigenvalue weighted by Gasteiger charge is 2.22. The van der Waals surface area contributed by atoms with Crippen molar-refractivity contribution >= 4 is 5.82 Å². The van der Waals surface area contributed by atoms with Crippen LogP contribution in [0.25, 0.3) is 0 Å². The van der Waals surface area contributed by atoms with Gasteiger partial charge in [0.2, 0.25) is 0 Å². The van der Waals surface area contributed by atoms with Gasteiger partial charge in [-0.3, -0.25) is 0 Å². The Hall–Kier alpha value is -1.12. The van der Waals surface area contributed by atoms with E-state index in [0.29, 0.717) is 5.92 Å². The van der Waals surface area contributed by atoms with Crippen molar-refractivity contribution in [1.82, 2.24) is 9.97 Å². The predicted octanol–water partition coefficient (Wildman–Crippen LogP) is 4.62. The van der Waals surface area contributed by atoms with Gasteiger partial charge in [0.05, 0.1) is 0 Å². The van der Waals surface area contributed by atoms with Crippen LogP contribution in [0.3, 0.4) is 0 Å². The van der Waals surface area contributed by atoms with E-state index in [2.05, 4.69) is 12.2 Å². The fourth-order valence-electron chi connectivity index (χ4n) is 3.82. The van der Waals surface area contributed by atoms with Gasteiger partial charge in [-0.25, -0.2) is 9.97 Å². The molecule has 1 aromatic heterocycles. The van der Waals surface area contributed by atoms with Gasteiger partial charge in [0.15, 0.2) is 0 Å². The smallest absolute Gasteiger partial charge is 0.134 e. The Morgan fingerprint density at radius 2 is 1.62 bits per heavy atom. The maximum absolute atomic E-state index is 5.00. The van der Waals surface area contributed by atoms with E-state index in [0.717, 1.165) is 31.0 Å². The van der Waals surface area contributed by atoms with E-state index < -0.39 is 0 Å². The lowest BCUT2D eigenvalue weighted by molar-refractivity contribution is 0.440. The molecule has 0 aliphatic heterocycles. The topological polar surface area (TPSA) is 37.8 Å². The molecule has 0 unspecified atom stereocenters. The summed E-state index contributed by atoms with van der Waals surface area (Å²) >= 11 is 0. The number of hydrogen-bond donors (Lipinski definition) is 1. The van der Waals surface area contributed by atoms with Crippen LogP contribution in [-0.2, 0) is 12.8 Å². The molecule has 3 nitrogen and oxygen atoms in total. The molecule has 1 fully saturated rings. The molecule has 1 aromatic rings. The fourth-order valence-corrected chi connectivity index (χ4v) is 3.82. The number of fused-ring (bicyclic) bond motifs is 1. The largest absolute Gasteiger partial charge is 0.370 e. The van der Waals surface area contributed by atoms with Crippen LogP contribution >= 0.6 is 0 Å². The van der Waals surface area contributed by atoms with Crippen molar-refractivity contribution in [3.05, 3.63) is 17.1 Å². The summed E-state index contributed by atoms with van der Waals surface area (Å²) in [5.41, 5.74) is 2.74. The number of nitrogens with zero attached hydrogens (tertiary/aromatic N) is 2. The zero-order chi connectivity index (χ0) is 14.5. The van der Waals surface area contributed by atoms with Crippen molar-refractivity contribution in [2.75, 3.05) is 11.9 Å². The number of hydrogen-bond acceptors (Lipinski definition) is 3. The molecular formula is C18H29N3. The van der Waals surface area contributed by atoms with Gasteiger partial charge in [-0.1, -0.05) is 32.1 Å². The lowest BCUT2D eigenvalue weighted by atomic mass is 9.89. The van der Waals surface area contributed by atoms with Crippen LogP contribution in [0.2, 0.25) is 0 Å². The SMILES string of the molecule is CCNc1nc(C2CCCCCCC2)nc2c1CCCC2. The van der Waals surface area contributed by atoms with E-state index in [1.807, 2.05) is 0 Å². The summed E-state index contributed by atoms with van der Waals surface area (Å²) < 4.78 is 0. The van der Waals surface area contributed by atoms with E-state index in [1.165, 1.54) is 69.0 Å². The van der Waals surface area contributed by atoms with E-state index in [9.17, 15) is 0 Å². The molecule has 0 atom stereocenters. The molecule has 0 aromatic carbocycles. The Balaban J connectivity index is 1.88. The Kier molecular flexibility index (Phi) is 5.10. The minimum absolute atomic E-state index is 0.593. The molecule has 1 heterocycles. The highest BCUT2D eigenvalue weighted by molar-refractivity contribution is 5.48. The first-order valence-electron chi connectivity index (χ1n) is 9.02. The molecule has 116 valence electrons. The van der Waals surface area contributed by atoms with Crippen molar-refractivity contribution in [3.8, 4) is 0 Å². The highest BCUT2D eigenvalue weighted by Crippen LogP contribution is 2.32. The van der Waals surface area contributed by atoms with Gasteiger partial charge >= 0.3 is 0 Å². The minimum atomic E-state index is 0.593. The normalized spacial score (nSPS) is 20.4. The average Bonchev–Trinajstić information content (AvgIpc) is 2.47. The van der Waals surface area contributed by atoms with Crippen LogP contribution in [-0.4, -0.2) is 16.5 Å². The van der Waals surface area contributed by atoms with E-state index >= 15 is 0 Å². The number of nitrogens with one attached hydrogen (secondary N) is 1. The molecule has 0 radical (unpaired) electrons. The summed E-state index contributed by atoms with van der Waals surface area (Å²) in [6.07, 6.45) is 14.3. The first kappa shape index (κ1) is 14.8. The maximum Gasteiger partial charge on any atom is 0.134 e. The third-order valence-corrected chi connectivity index (χ3v) is 5.01. The van der Waals surface area contributed by atoms with Crippen LogP contribution in [0, 0.1) is 0 Å². The predicted molar refractivity (Wildman–Crippen MR) is 87.9 cm³/mol. The van der Waals surface area contributed by atoms with Gasteiger partial charge in [-0.05, 0) is 45.4 Å². The molecule has 3 heteroatoms. The number of aromatic nitrogens is 2. The van der Waals surface area contributed by atoms with Gasteiger partial charge in [0.25, 0.3) is 0 Å². The monoisotopic (exact) mass is 287 g/mol. The van der Waals surface area contributed by atoms with Crippen LogP contribution in [0.15, 0.2) is 0 Å². The Morgan fingerprint density at radius 3 is 2.38 bits per heavy atom. The van der Waals surface area contributed by atoms with Crippen molar-refractivity contribution < 1.29 is 0 Å². The summed E-state index contributed by atoms with van der Waals surface area (Å²) in [6.45, 7) is 3.11. The molecule has 0 saturated heterocycles. The van der Waals surface area contributed by atoms with Crippen LogP contribution in [0.5, 0.6) is 0 Å². The summed E-state index contributed by atoms with van der Waals surface area (Å²) in [7, 11) is 0. The second-order valence-electron chi connectivity index (χ2n) is 6.64. The summed E-state index contributed by atoms with van der Waals surface area (Å²) in [4.78, 5) is 9.95. The van der Waals surface area contributed by atoms with Crippen molar-refractivity contribution in [1.29, 1.82) is 0 Å². The van der Waals surface area contributed by atoms with Crippen LogP contribution < -0.4 is 5.32 Å². The Morgan fingerprint density at radius 1 is 0.905 bits per heavy atom. The van der Waals surface area contributed by atoms with Gasteiger partial charge < -0.3 is 5.32 Å². The van der Waals surface area contributed by atoms with Crippen LogP contribution in [0.4, 0.5) is 5.82 Å². The minimum Gasteiger partial charge on any atom is -0.370 e. The van der Waals surface area contributed by atoms with E-state index in [1.54, 1.807) is 0 Å². The molecule has 21 heavy (non-hydrogen) atoms. The molecule has 2 aliphatic rings. The molecule has 3 rings (SSSR count). The van der Waals surface area contributed by atoms with E-state index in [-0.39, 0.29) is 0 Å². The summed E-state index contributed by atoms with van der Waals surface area (Å²) in [5.74, 6) is 2.86. The third-order valence-electron chi connectivity index (χ3n) is 5.01. The highest BCUT2D eigenvalue weighted by atomic mass is 15.0. The van der Waals surface area contributed by atoms with Gasteiger partial charge in [-0.2, -0.15) is 0 Å². The molecule has 0 amide bonds. The average molecular weight is 287 g/mol. The maximum atomic E-state index is 5.00. The first-order chi connectivity index (χ1) is 10.4. The van der Waals surface area contributed by atoms with Crippen molar-refractivity contribution in [3.63, 3.8) is 0 Å². The zero-order valence-electron chi connectivity index (χ0n) is 13.5. The molecule has 1 N–H and O–H groups in total. The summed E-state index contributed by atoms with van der Waals surface area (Å²) in [6, 6.07) is 0. The molecule has 0 bridgehead atoms. The van der Waals surface area contributed by atoms with Crippen LogP contribution in [0.1, 0.15) is 87.7 Å². The molecular weight excluding hydrogens is 258 g/mol. The van der Waals surface area contributed by atoms with Crippen molar-refractivity contribution in [2.45, 2.75) is 83.5 Å². The van der Waals surface area contributed by atoms with Gasteiger partial charge in [0, 0.05) is 23.7 Å². The quantitative estimate of drug-likeness (QED) is 0.881.